The van der Waals surface area contributed by atoms with Crippen molar-refractivity contribution in [2.24, 2.45) is 5.10 Å². The summed E-state index contributed by atoms with van der Waals surface area (Å²) in [5, 5.41) is 12.0. The summed E-state index contributed by atoms with van der Waals surface area (Å²) in [7, 11) is 1.63. The summed E-state index contributed by atoms with van der Waals surface area (Å²) >= 11 is 0. The first-order valence-electron chi connectivity index (χ1n) is 7.03. The van der Waals surface area contributed by atoms with E-state index in [1.807, 2.05) is 54.6 Å². The highest BCUT2D eigenvalue weighted by Crippen LogP contribution is 2.15. The van der Waals surface area contributed by atoms with Gasteiger partial charge in [0.1, 0.15) is 5.75 Å². The number of ether oxygens (including phenoxy) is 1. The van der Waals surface area contributed by atoms with Crippen molar-refractivity contribution in [3.05, 3.63) is 66.4 Å². The lowest BCUT2D eigenvalue weighted by Crippen LogP contribution is -2.00. The number of hydrogen-bond acceptors (Lipinski definition) is 6. The van der Waals surface area contributed by atoms with Crippen molar-refractivity contribution in [2.75, 3.05) is 12.5 Å². The maximum atomic E-state index is 5.17. The Labute approximate surface area is 133 Å². The van der Waals surface area contributed by atoms with Crippen molar-refractivity contribution >= 4 is 12.2 Å². The Morgan fingerprint density at radius 3 is 2.78 bits per heavy atom. The molecule has 0 aliphatic heterocycles. The molecule has 0 atom stereocenters. The highest BCUT2D eigenvalue weighted by Gasteiger charge is 2.01. The molecule has 0 bridgehead atoms. The van der Waals surface area contributed by atoms with Crippen LogP contribution in [-0.4, -0.2) is 28.5 Å². The van der Waals surface area contributed by atoms with E-state index in [-0.39, 0.29) is 0 Å². The van der Waals surface area contributed by atoms with Crippen molar-refractivity contribution in [1.82, 2.24) is 15.2 Å². The molecule has 1 heterocycles. The molecular formula is C17H15N5O. The lowest BCUT2D eigenvalue weighted by Gasteiger charge is -2.02. The average molecular weight is 305 g/mol. The van der Waals surface area contributed by atoms with Crippen LogP contribution in [0.2, 0.25) is 0 Å². The van der Waals surface area contributed by atoms with Crippen molar-refractivity contribution in [1.29, 1.82) is 0 Å². The van der Waals surface area contributed by atoms with Gasteiger partial charge >= 0.3 is 0 Å². The second-order valence-corrected chi connectivity index (χ2v) is 4.68. The summed E-state index contributed by atoms with van der Waals surface area (Å²) in [5.74, 6) is 1.11. The van der Waals surface area contributed by atoms with Crippen LogP contribution in [0.1, 0.15) is 5.56 Å². The Hall–Kier alpha value is -3.28. The third-order valence-electron chi connectivity index (χ3n) is 3.10. The molecule has 1 N–H and O–H groups in total. The van der Waals surface area contributed by atoms with Crippen LogP contribution >= 0.6 is 0 Å². The zero-order chi connectivity index (χ0) is 15.9. The number of hydrogen-bond donors (Lipinski definition) is 1. The second kappa shape index (κ2) is 7.13. The number of nitrogens with zero attached hydrogens (tertiary/aromatic N) is 4. The molecule has 1 aromatic heterocycles. The van der Waals surface area contributed by atoms with Crippen LogP contribution in [0.4, 0.5) is 5.95 Å². The highest BCUT2D eigenvalue weighted by molar-refractivity contribution is 5.80. The molecule has 0 saturated carbocycles. The van der Waals surface area contributed by atoms with Gasteiger partial charge in [-0.05, 0) is 17.7 Å². The SMILES string of the molecule is COc1cccc(C=NNc2nncc(-c3ccccc3)n2)c1. The number of methoxy groups -OCH3 is 1. The van der Waals surface area contributed by atoms with Gasteiger partial charge < -0.3 is 4.74 Å². The minimum atomic E-state index is 0.338. The van der Waals surface area contributed by atoms with Gasteiger partial charge in [0, 0.05) is 5.56 Å². The van der Waals surface area contributed by atoms with Crippen LogP contribution in [0.3, 0.4) is 0 Å². The number of rotatable bonds is 5. The Balaban J connectivity index is 1.72. The Bertz CT molecular complexity index is 805. The molecule has 6 nitrogen and oxygen atoms in total. The van der Waals surface area contributed by atoms with Gasteiger partial charge in [-0.15, -0.1) is 5.10 Å². The van der Waals surface area contributed by atoms with Gasteiger partial charge in [-0.25, -0.2) is 10.4 Å². The zero-order valence-corrected chi connectivity index (χ0v) is 12.5. The largest absolute Gasteiger partial charge is 0.497 e. The normalized spacial score (nSPS) is 10.7. The predicted octanol–water partition coefficient (Wildman–Crippen LogP) is 2.99. The van der Waals surface area contributed by atoms with E-state index in [1.165, 1.54) is 0 Å². The van der Waals surface area contributed by atoms with Crippen molar-refractivity contribution < 1.29 is 4.74 Å². The molecule has 0 aliphatic rings. The molecule has 3 aromatic rings. The summed E-state index contributed by atoms with van der Waals surface area (Å²) in [5.41, 5.74) is 5.40. The average Bonchev–Trinajstić information content (AvgIpc) is 2.63. The first kappa shape index (κ1) is 14.6. The number of aromatic nitrogens is 3. The van der Waals surface area contributed by atoms with Gasteiger partial charge in [0.2, 0.25) is 0 Å². The predicted molar refractivity (Wildman–Crippen MR) is 89.5 cm³/mol. The molecule has 0 saturated heterocycles. The molecule has 0 spiro atoms. The zero-order valence-electron chi connectivity index (χ0n) is 12.5. The van der Waals surface area contributed by atoms with E-state index in [9.17, 15) is 0 Å². The van der Waals surface area contributed by atoms with Crippen molar-refractivity contribution in [3.8, 4) is 17.0 Å². The molecule has 0 radical (unpaired) electrons. The minimum Gasteiger partial charge on any atom is -0.497 e. The van der Waals surface area contributed by atoms with Crippen LogP contribution in [0, 0.1) is 0 Å². The number of nitrogens with one attached hydrogen (secondary N) is 1. The third-order valence-corrected chi connectivity index (χ3v) is 3.10. The molecule has 6 heteroatoms. The van der Waals surface area contributed by atoms with E-state index in [2.05, 4.69) is 25.7 Å². The fourth-order valence-electron chi connectivity index (χ4n) is 1.99. The minimum absolute atomic E-state index is 0.338. The van der Waals surface area contributed by atoms with Crippen LogP contribution in [0.25, 0.3) is 11.3 Å². The van der Waals surface area contributed by atoms with Crippen LogP contribution < -0.4 is 10.2 Å². The second-order valence-electron chi connectivity index (χ2n) is 4.68. The van der Waals surface area contributed by atoms with E-state index in [0.29, 0.717) is 5.95 Å². The fraction of sp³-hybridized carbons (Fsp3) is 0.0588. The van der Waals surface area contributed by atoms with Crippen molar-refractivity contribution in [2.45, 2.75) is 0 Å². The van der Waals surface area contributed by atoms with E-state index in [1.54, 1.807) is 19.5 Å². The van der Waals surface area contributed by atoms with Gasteiger partial charge in [0.15, 0.2) is 0 Å². The maximum Gasteiger partial charge on any atom is 0.263 e. The summed E-state index contributed by atoms with van der Waals surface area (Å²) < 4.78 is 5.17. The smallest absolute Gasteiger partial charge is 0.263 e. The Morgan fingerprint density at radius 2 is 1.96 bits per heavy atom. The summed E-state index contributed by atoms with van der Waals surface area (Å²) in [6, 6.07) is 17.4. The van der Waals surface area contributed by atoms with E-state index < -0.39 is 0 Å². The highest BCUT2D eigenvalue weighted by atomic mass is 16.5. The van der Waals surface area contributed by atoms with Gasteiger partial charge in [-0.3, -0.25) is 0 Å². The summed E-state index contributed by atoms with van der Waals surface area (Å²) in [4.78, 5) is 4.38. The lowest BCUT2D eigenvalue weighted by molar-refractivity contribution is 0.415. The van der Waals surface area contributed by atoms with Gasteiger partial charge in [-0.2, -0.15) is 10.2 Å². The standard InChI is InChI=1S/C17H15N5O/c1-23-15-9-5-6-13(10-15)11-18-21-17-20-16(12-19-22-17)14-7-3-2-4-8-14/h2-12H,1H3,(H,20,21,22). The first-order chi connectivity index (χ1) is 11.3. The number of benzene rings is 2. The molecule has 0 fully saturated rings. The summed E-state index contributed by atoms with van der Waals surface area (Å²) in [6.45, 7) is 0. The number of hydrazone groups is 1. The molecule has 0 amide bonds. The van der Waals surface area contributed by atoms with Gasteiger partial charge in [0.25, 0.3) is 5.95 Å². The van der Waals surface area contributed by atoms with Gasteiger partial charge in [-0.1, -0.05) is 42.5 Å². The van der Waals surface area contributed by atoms with Crippen LogP contribution in [0.5, 0.6) is 5.75 Å². The molecule has 114 valence electrons. The topological polar surface area (TPSA) is 72.3 Å². The maximum absolute atomic E-state index is 5.17. The van der Waals surface area contributed by atoms with E-state index in [4.69, 9.17) is 4.74 Å². The van der Waals surface area contributed by atoms with E-state index >= 15 is 0 Å². The molecule has 3 rings (SSSR count). The Kier molecular flexibility index (Phi) is 4.54. The molecular weight excluding hydrogens is 290 g/mol. The molecule has 0 aliphatic carbocycles. The fourth-order valence-corrected chi connectivity index (χ4v) is 1.99. The van der Waals surface area contributed by atoms with E-state index in [0.717, 1.165) is 22.6 Å². The molecule has 23 heavy (non-hydrogen) atoms. The Morgan fingerprint density at radius 1 is 1.09 bits per heavy atom. The van der Waals surface area contributed by atoms with Crippen LogP contribution in [-0.2, 0) is 0 Å². The quantitative estimate of drug-likeness (QED) is 0.579. The molecule has 2 aromatic carbocycles. The van der Waals surface area contributed by atoms with Crippen LogP contribution in [0.15, 0.2) is 65.9 Å². The lowest BCUT2D eigenvalue weighted by atomic mass is 10.2. The molecule has 0 unspecified atom stereocenters. The summed E-state index contributed by atoms with van der Waals surface area (Å²) in [6.07, 6.45) is 3.29. The van der Waals surface area contributed by atoms with Crippen molar-refractivity contribution in [3.63, 3.8) is 0 Å². The third kappa shape index (κ3) is 3.88. The number of anilines is 1. The van der Waals surface area contributed by atoms with Gasteiger partial charge in [0.05, 0.1) is 25.2 Å². The first-order valence-corrected chi connectivity index (χ1v) is 7.03. The monoisotopic (exact) mass is 305 g/mol.